The van der Waals surface area contributed by atoms with Crippen LogP contribution in [0.1, 0.15) is 51.4 Å². The van der Waals surface area contributed by atoms with Gasteiger partial charge in [-0.15, -0.1) is 0 Å². The molecule has 1 aliphatic rings. The molecular formula is C26H27ClFN3O. The van der Waals surface area contributed by atoms with E-state index in [1.54, 1.807) is 6.20 Å². The summed E-state index contributed by atoms with van der Waals surface area (Å²) in [6.45, 7) is 7.29. The minimum Gasteiger partial charge on any atom is -0.355 e. The molecule has 1 aliphatic heterocycles. The zero-order chi connectivity index (χ0) is 22.8. The Hall–Kier alpha value is -2.92. The lowest BCUT2D eigenvalue weighted by atomic mass is 9.89. The van der Waals surface area contributed by atoms with Gasteiger partial charge >= 0.3 is 0 Å². The highest BCUT2D eigenvalue weighted by atomic mass is 35.5. The van der Waals surface area contributed by atoms with E-state index < -0.39 is 0 Å². The molecule has 166 valence electrons. The number of nitrogens with zero attached hydrogens (tertiary/aromatic N) is 2. The molecule has 1 saturated heterocycles. The van der Waals surface area contributed by atoms with Crippen LogP contribution < -0.4 is 5.32 Å². The van der Waals surface area contributed by atoms with Crippen molar-refractivity contribution in [2.75, 3.05) is 18.4 Å². The normalized spacial score (nSPS) is 14.5. The van der Waals surface area contributed by atoms with Crippen molar-refractivity contribution in [2.24, 2.45) is 0 Å². The topological polar surface area (TPSA) is 45.2 Å². The van der Waals surface area contributed by atoms with Gasteiger partial charge in [0, 0.05) is 30.5 Å². The summed E-state index contributed by atoms with van der Waals surface area (Å²) >= 11 is 6.29. The van der Waals surface area contributed by atoms with Crippen molar-refractivity contribution in [3.05, 3.63) is 87.4 Å². The van der Waals surface area contributed by atoms with Crippen molar-refractivity contribution in [3.63, 3.8) is 0 Å². The van der Waals surface area contributed by atoms with E-state index in [-0.39, 0.29) is 11.7 Å². The number of hydrogen-bond acceptors (Lipinski definition) is 3. The second-order valence-electron chi connectivity index (χ2n) is 8.50. The van der Waals surface area contributed by atoms with Gasteiger partial charge in [0.25, 0.3) is 5.91 Å². The Morgan fingerprint density at radius 1 is 1.06 bits per heavy atom. The van der Waals surface area contributed by atoms with Gasteiger partial charge in [0.1, 0.15) is 11.0 Å². The Kier molecular flexibility index (Phi) is 6.47. The number of hydrogen-bond donors (Lipinski definition) is 1. The molecule has 1 fully saturated rings. The van der Waals surface area contributed by atoms with Crippen LogP contribution >= 0.6 is 11.6 Å². The number of pyridine rings is 1. The number of halogens is 2. The highest BCUT2D eigenvalue weighted by Gasteiger charge is 2.27. The molecule has 0 radical (unpaired) electrons. The number of piperidine rings is 1. The lowest BCUT2D eigenvalue weighted by Crippen LogP contribution is -2.38. The summed E-state index contributed by atoms with van der Waals surface area (Å²) in [6, 6.07) is 12.8. The van der Waals surface area contributed by atoms with E-state index in [1.165, 1.54) is 23.3 Å². The first-order chi connectivity index (χ1) is 15.3. The Balaban J connectivity index is 1.54. The van der Waals surface area contributed by atoms with Gasteiger partial charge in [0.15, 0.2) is 0 Å². The largest absolute Gasteiger partial charge is 0.355 e. The molecule has 0 bridgehead atoms. The molecule has 4 rings (SSSR count). The van der Waals surface area contributed by atoms with Gasteiger partial charge in [-0.3, -0.25) is 4.79 Å². The summed E-state index contributed by atoms with van der Waals surface area (Å²) in [5.74, 6) is 0.0507. The number of aryl methyl sites for hydroxylation is 2. The van der Waals surface area contributed by atoms with Crippen molar-refractivity contribution in [2.45, 2.75) is 39.5 Å². The van der Waals surface area contributed by atoms with Crippen LogP contribution in [-0.2, 0) is 0 Å². The lowest BCUT2D eigenvalue weighted by Gasteiger charge is -2.33. The molecular weight excluding hydrogens is 425 g/mol. The molecule has 2 aromatic carbocycles. The Morgan fingerprint density at radius 3 is 2.41 bits per heavy atom. The van der Waals surface area contributed by atoms with Crippen LogP contribution in [0.2, 0.25) is 5.15 Å². The van der Waals surface area contributed by atoms with Crippen molar-refractivity contribution in [1.29, 1.82) is 0 Å². The Labute approximate surface area is 193 Å². The van der Waals surface area contributed by atoms with Gasteiger partial charge < -0.3 is 10.2 Å². The lowest BCUT2D eigenvalue weighted by molar-refractivity contribution is 0.0713. The number of nitrogens with one attached hydrogen (secondary N) is 1. The number of anilines is 2. The number of benzene rings is 2. The van der Waals surface area contributed by atoms with Gasteiger partial charge in [-0.05, 0) is 80.5 Å². The van der Waals surface area contributed by atoms with E-state index in [0.717, 1.165) is 29.7 Å². The van der Waals surface area contributed by atoms with Crippen LogP contribution in [0.4, 0.5) is 15.8 Å². The Bertz CT molecular complexity index is 1140. The van der Waals surface area contributed by atoms with Gasteiger partial charge in [-0.1, -0.05) is 29.8 Å². The number of likely N-dealkylation sites (tertiary alicyclic amines) is 1. The van der Waals surface area contributed by atoms with E-state index in [9.17, 15) is 9.18 Å². The first-order valence-corrected chi connectivity index (χ1v) is 11.3. The SMILES string of the molecule is Cc1ccc(Nc2c(C(=O)N3CCC(c4ccc(F)cc4)CC3)cnc(Cl)c2C)cc1C. The summed E-state index contributed by atoms with van der Waals surface area (Å²) in [5, 5.41) is 3.78. The second kappa shape index (κ2) is 9.29. The molecule has 1 N–H and O–H groups in total. The standard InChI is InChI=1S/C26H27ClFN3O/c1-16-4-9-22(14-17(16)2)30-24-18(3)25(27)29-15-23(24)26(32)31-12-10-20(11-13-31)19-5-7-21(28)8-6-19/h4-9,14-15,20H,10-13H2,1-3H3,(H,29,30). The van der Waals surface area contributed by atoms with E-state index >= 15 is 0 Å². The predicted molar refractivity (Wildman–Crippen MR) is 127 cm³/mol. The number of aromatic nitrogens is 1. The molecule has 32 heavy (non-hydrogen) atoms. The Morgan fingerprint density at radius 2 is 1.75 bits per heavy atom. The van der Waals surface area contributed by atoms with Crippen molar-refractivity contribution in [1.82, 2.24) is 9.88 Å². The first-order valence-electron chi connectivity index (χ1n) is 10.9. The van der Waals surface area contributed by atoms with E-state index in [2.05, 4.69) is 36.3 Å². The number of carbonyl (C=O) groups is 1. The van der Waals surface area contributed by atoms with E-state index in [4.69, 9.17) is 11.6 Å². The predicted octanol–water partition coefficient (Wildman–Crippen LogP) is 6.56. The summed E-state index contributed by atoms with van der Waals surface area (Å²) in [6.07, 6.45) is 3.25. The molecule has 4 nitrogen and oxygen atoms in total. The van der Waals surface area contributed by atoms with Crippen LogP contribution in [0, 0.1) is 26.6 Å². The van der Waals surface area contributed by atoms with Gasteiger partial charge in [0.2, 0.25) is 0 Å². The third-order valence-corrected chi connectivity index (χ3v) is 6.77. The molecule has 3 aromatic rings. The van der Waals surface area contributed by atoms with Crippen LogP contribution in [0.15, 0.2) is 48.7 Å². The average Bonchev–Trinajstić information content (AvgIpc) is 2.80. The van der Waals surface area contributed by atoms with Crippen LogP contribution in [-0.4, -0.2) is 28.9 Å². The number of carbonyl (C=O) groups excluding carboxylic acids is 1. The minimum atomic E-state index is -0.226. The fraction of sp³-hybridized carbons (Fsp3) is 0.308. The van der Waals surface area contributed by atoms with E-state index in [1.807, 2.05) is 30.0 Å². The van der Waals surface area contributed by atoms with Crippen LogP contribution in [0.5, 0.6) is 0 Å². The third kappa shape index (κ3) is 4.63. The average molecular weight is 452 g/mol. The summed E-state index contributed by atoms with van der Waals surface area (Å²) < 4.78 is 13.2. The zero-order valence-corrected chi connectivity index (χ0v) is 19.3. The van der Waals surface area contributed by atoms with Crippen LogP contribution in [0.25, 0.3) is 0 Å². The fourth-order valence-electron chi connectivity index (χ4n) is 4.20. The quantitative estimate of drug-likeness (QED) is 0.456. The first kappa shape index (κ1) is 22.3. The molecule has 0 aliphatic carbocycles. The summed E-state index contributed by atoms with van der Waals surface area (Å²) in [7, 11) is 0. The fourth-order valence-corrected chi connectivity index (χ4v) is 4.34. The maximum atomic E-state index is 13.4. The molecule has 0 atom stereocenters. The molecule has 0 unspecified atom stereocenters. The molecule has 1 aromatic heterocycles. The molecule has 1 amide bonds. The monoisotopic (exact) mass is 451 g/mol. The van der Waals surface area contributed by atoms with Crippen molar-refractivity contribution < 1.29 is 9.18 Å². The second-order valence-corrected chi connectivity index (χ2v) is 8.86. The summed E-state index contributed by atoms with van der Waals surface area (Å²) in [5.41, 5.74) is 6.37. The highest BCUT2D eigenvalue weighted by Crippen LogP contribution is 2.33. The van der Waals surface area contributed by atoms with Gasteiger partial charge in [-0.2, -0.15) is 0 Å². The van der Waals surface area contributed by atoms with Gasteiger partial charge in [0.05, 0.1) is 11.3 Å². The number of amides is 1. The van der Waals surface area contributed by atoms with Gasteiger partial charge in [-0.25, -0.2) is 9.37 Å². The molecule has 6 heteroatoms. The maximum absolute atomic E-state index is 13.4. The van der Waals surface area contributed by atoms with Crippen molar-refractivity contribution in [3.8, 4) is 0 Å². The highest BCUT2D eigenvalue weighted by molar-refractivity contribution is 6.30. The molecule has 0 saturated carbocycles. The minimum absolute atomic E-state index is 0.0545. The van der Waals surface area contributed by atoms with Crippen LogP contribution in [0.3, 0.4) is 0 Å². The summed E-state index contributed by atoms with van der Waals surface area (Å²) in [4.78, 5) is 19.5. The molecule has 2 heterocycles. The third-order valence-electron chi connectivity index (χ3n) is 6.39. The molecule has 0 spiro atoms. The van der Waals surface area contributed by atoms with Crippen molar-refractivity contribution >= 4 is 28.9 Å². The number of rotatable bonds is 4. The smallest absolute Gasteiger partial charge is 0.257 e. The maximum Gasteiger partial charge on any atom is 0.257 e. The zero-order valence-electron chi connectivity index (χ0n) is 18.6. The van der Waals surface area contributed by atoms with E-state index in [0.29, 0.717) is 35.4 Å².